The van der Waals surface area contributed by atoms with Gasteiger partial charge in [0.2, 0.25) is 0 Å². The molecule has 0 aromatic carbocycles. The van der Waals surface area contributed by atoms with E-state index in [-0.39, 0.29) is 25.6 Å². The van der Waals surface area contributed by atoms with Crippen LogP contribution in [0.25, 0.3) is 0 Å². The van der Waals surface area contributed by atoms with Crippen LogP contribution in [0.15, 0.2) is 0 Å². The van der Waals surface area contributed by atoms with E-state index in [1.54, 1.807) is 0 Å². The third-order valence-corrected chi connectivity index (χ3v) is 12.6. The maximum absolute atomic E-state index is 12.8. The summed E-state index contributed by atoms with van der Waals surface area (Å²) in [5.41, 5.74) is 0. The molecule has 358 valence electrons. The van der Waals surface area contributed by atoms with Crippen LogP contribution < -0.4 is 0 Å². The van der Waals surface area contributed by atoms with E-state index < -0.39 is 26.5 Å². The topological polar surface area (TPSA) is 108 Å². The summed E-state index contributed by atoms with van der Waals surface area (Å²) < 4.78 is 34.5. The molecular weight excluding hydrogens is 774 g/mol. The number of hydrogen-bond acceptors (Lipinski definition) is 7. The summed E-state index contributed by atoms with van der Waals surface area (Å²) in [4.78, 5) is 35.5. The van der Waals surface area contributed by atoms with Crippen molar-refractivity contribution < 1.29 is 42.1 Å². The molecule has 0 saturated heterocycles. The highest BCUT2D eigenvalue weighted by atomic mass is 31.2. The molecule has 0 aliphatic carbocycles. The average molecular weight is 875 g/mol. The lowest BCUT2D eigenvalue weighted by molar-refractivity contribution is -0.870. The number of carbonyl (C=O) groups is 2. The Morgan fingerprint density at radius 1 is 0.450 bits per heavy atom. The summed E-state index contributed by atoms with van der Waals surface area (Å²) in [7, 11) is 1.50. The molecule has 0 amide bonds. The first-order valence-corrected chi connectivity index (χ1v) is 27.3. The number of esters is 2. The van der Waals surface area contributed by atoms with E-state index in [1.807, 2.05) is 21.1 Å². The summed E-state index contributed by atoms with van der Waals surface area (Å²) in [6, 6.07) is 0. The molecule has 0 aromatic rings. The number of ether oxygens (including phenoxy) is 2. The molecule has 0 aliphatic heterocycles. The first-order chi connectivity index (χ1) is 29.0. The zero-order chi connectivity index (χ0) is 44.3. The fraction of sp³-hybridized carbons (Fsp3) is 0.960. The highest BCUT2D eigenvalue weighted by Crippen LogP contribution is 2.43. The van der Waals surface area contributed by atoms with Crippen molar-refractivity contribution in [1.29, 1.82) is 0 Å². The van der Waals surface area contributed by atoms with Crippen LogP contribution in [-0.4, -0.2) is 74.9 Å². The number of nitrogens with zero attached hydrogens (tertiary/aromatic N) is 1. The summed E-state index contributed by atoms with van der Waals surface area (Å²) in [6.45, 7) is 4.48. The average Bonchev–Trinajstić information content (AvgIpc) is 3.20. The molecule has 1 N–H and O–H groups in total. The number of carbonyl (C=O) groups excluding carboxylic acids is 2. The second-order valence-corrected chi connectivity index (χ2v) is 20.4. The Balaban J connectivity index is 4.17. The van der Waals surface area contributed by atoms with Gasteiger partial charge in [0.05, 0.1) is 27.7 Å². The third-order valence-electron chi connectivity index (χ3n) is 11.6. The number of likely N-dealkylation sites (N-methyl/N-ethyl adjacent to an activating group) is 1. The van der Waals surface area contributed by atoms with Gasteiger partial charge < -0.3 is 18.9 Å². The number of phosphoric ester groups is 1. The molecule has 0 aromatic heterocycles. The Labute approximate surface area is 372 Å². The smallest absolute Gasteiger partial charge is 0.462 e. The van der Waals surface area contributed by atoms with Crippen molar-refractivity contribution in [3.8, 4) is 0 Å². The van der Waals surface area contributed by atoms with Crippen molar-refractivity contribution >= 4 is 19.8 Å². The molecule has 0 radical (unpaired) electrons. The lowest BCUT2D eigenvalue weighted by atomic mass is 10.0. The van der Waals surface area contributed by atoms with Gasteiger partial charge in [-0.15, -0.1) is 0 Å². The van der Waals surface area contributed by atoms with Gasteiger partial charge >= 0.3 is 19.8 Å². The first kappa shape index (κ1) is 59.0. The summed E-state index contributed by atoms with van der Waals surface area (Å²) in [6.07, 6.45) is 45.8. The standard InChI is InChI=1S/C50H100NO8P/c1-6-8-10-12-14-16-18-20-22-23-24-25-26-27-28-29-31-33-35-37-39-41-43-50(53)59-48(47-58-60(54,55)57-45-44-51(3,4)5)46-56-49(52)42-40-38-36-34-32-30-21-19-17-15-13-11-9-7-2/h48H,6-47H2,1-5H3/p+1/t48-/m1/s1. The summed E-state index contributed by atoms with van der Waals surface area (Å²) >= 11 is 0. The Morgan fingerprint density at radius 3 is 1.07 bits per heavy atom. The predicted octanol–water partition coefficient (Wildman–Crippen LogP) is 15.1. The van der Waals surface area contributed by atoms with E-state index in [1.165, 1.54) is 193 Å². The fourth-order valence-corrected chi connectivity index (χ4v) is 8.35. The number of unbranched alkanes of at least 4 members (excludes halogenated alkanes) is 34. The molecule has 0 saturated carbocycles. The highest BCUT2D eigenvalue weighted by molar-refractivity contribution is 7.47. The quantitative estimate of drug-likeness (QED) is 0.0279. The van der Waals surface area contributed by atoms with Gasteiger partial charge in [0, 0.05) is 12.8 Å². The van der Waals surface area contributed by atoms with Gasteiger partial charge in [-0.3, -0.25) is 18.6 Å². The van der Waals surface area contributed by atoms with Crippen LogP contribution >= 0.6 is 7.82 Å². The minimum Gasteiger partial charge on any atom is -0.462 e. The van der Waals surface area contributed by atoms with Gasteiger partial charge in [-0.1, -0.05) is 232 Å². The van der Waals surface area contributed by atoms with Gasteiger partial charge in [0.1, 0.15) is 19.8 Å². The molecule has 0 fully saturated rings. The Hall–Kier alpha value is -0.990. The normalized spacial score (nSPS) is 13.4. The zero-order valence-electron chi connectivity index (χ0n) is 40.5. The van der Waals surface area contributed by atoms with Crippen molar-refractivity contribution in [1.82, 2.24) is 0 Å². The van der Waals surface area contributed by atoms with Gasteiger partial charge in [0.25, 0.3) is 0 Å². The van der Waals surface area contributed by atoms with E-state index in [9.17, 15) is 19.0 Å². The van der Waals surface area contributed by atoms with Crippen LogP contribution in [0.2, 0.25) is 0 Å². The van der Waals surface area contributed by atoms with Crippen LogP contribution in [0, 0.1) is 0 Å². The van der Waals surface area contributed by atoms with E-state index >= 15 is 0 Å². The number of rotatable bonds is 48. The van der Waals surface area contributed by atoms with E-state index in [0.717, 1.165) is 38.5 Å². The van der Waals surface area contributed by atoms with Crippen LogP contribution in [-0.2, 0) is 32.7 Å². The monoisotopic (exact) mass is 875 g/mol. The lowest BCUT2D eigenvalue weighted by Crippen LogP contribution is -2.37. The zero-order valence-corrected chi connectivity index (χ0v) is 41.4. The molecule has 0 aliphatic rings. The van der Waals surface area contributed by atoms with Crippen molar-refractivity contribution in [2.45, 2.75) is 264 Å². The molecule has 10 heteroatoms. The number of quaternary nitrogens is 1. The Morgan fingerprint density at radius 2 is 0.750 bits per heavy atom. The molecule has 2 atom stereocenters. The van der Waals surface area contributed by atoms with E-state index in [4.69, 9.17) is 18.5 Å². The Kier molecular flexibility index (Phi) is 42.6. The molecule has 0 heterocycles. The SMILES string of the molecule is CCCCCCCCCCCCCCCCCCCCCCCCC(=O)O[C@H](COC(=O)CCCCCCCCCCCCCCCC)COP(=O)(O)OCC[N+](C)(C)C. The second kappa shape index (κ2) is 43.3. The maximum Gasteiger partial charge on any atom is 0.472 e. The molecular formula is C50H101NO8P+. The van der Waals surface area contributed by atoms with Gasteiger partial charge in [-0.2, -0.15) is 0 Å². The summed E-state index contributed by atoms with van der Waals surface area (Å²) in [5.74, 6) is -0.778. The second-order valence-electron chi connectivity index (χ2n) is 18.9. The fourth-order valence-electron chi connectivity index (χ4n) is 7.61. The minimum absolute atomic E-state index is 0.0371. The van der Waals surface area contributed by atoms with Crippen molar-refractivity contribution in [3.63, 3.8) is 0 Å². The van der Waals surface area contributed by atoms with E-state index in [0.29, 0.717) is 17.4 Å². The van der Waals surface area contributed by atoms with Crippen LogP contribution in [0.1, 0.15) is 258 Å². The molecule has 0 spiro atoms. The van der Waals surface area contributed by atoms with Crippen LogP contribution in [0.3, 0.4) is 0 Å². The molecule has 0 rings (SSSR count). The maximum atomic E-state index is 12.8. The first-order valence-electron chi connectivity index (χ1n) is 25.8. The predicted molar refractivity (Wildman–Crippen MR) is 252 cm³/mol. The summed E-state index contributed by atoms with van der Waals surface area (Å²) in [5, 5.41) is 0. The third kappa shape index (κ3) is 46.5. The van der Waals surface area contributed by atoms with Gasteiger partial charge in [-0.25, -0.2) is 4.57 Å². The Bertz CT molecular complexity index is 990. The largest absolute Gasteiger partial charge is 0.472 e. The van der Waals surface area contributed by atoms with Crippen LogP contribution in [0.4, 0.5) is 0 Å². The van der Waals surface area contributed by atoms with Crippen molar-refractivity contribution in [2.75, 3.05) is 47.5 Å². The number of hydrogen-bond donors (Lipinski definition) is 1. The molecule has 9 nitrogen and oxygen atoms in total. The van der Waals surface area contributed by atoms with Crippen molar-refractivity contribution in [3.05, 3.63) is 0 Å². The van der Waals surface area contributed by atoms with Crippen LogP contribution in [0.5, 0.6) is 0 Å². The number of phosphoric acid groups is 1. The lowest BCUT2D eigenvalue weighted by Gasteiger charge is -2.24. The molecule has 1 unspecified atom stereocenters. The molecule has 60 heavy (non-hydrogen) atoms. The van der Waals surface area contributed by atoms with Crippen molar-refractivity contribution in [2.24, 2.45) is 0 Å². The van der Waals surface area contributed by atoms with E-state index in [2.05, 4.69) is 13.8 Å². The highest BCUT2D eigenvalue weighted by Gasteiger charge is 2.27. The van der Waals surface area contributed by atoms with Gasteiger partial charge in [0.15, 0.2) is 6.10 Å². The van der Waals surface area contributed by atoms with Gasteiger partial charge in [-0.05, 0) is 12.8 Å². The minimum atomic E-state index is -4.37. The molecule has 0 bridgehead atoms.